The van der Waals surface area contributed by atoms with Crippen LogP contribution in [0, 0.1) is 0 Å². The van der Waals surface area contributed by atoms with E-state index in [1.54, 1.807) is 24.3 Å². The Bertz CT molecular complexity index is 712. The summed E-state index contributed by atoms with van der Waals surface area (Å²) in [5.41, 5.74) is 1.93. The number of rotatable bonds is 3. The summed E-state index contributed by atoms with van der Waals surface area (Å²) in [6.45, 7) is -1.12. The van der Waals surface area contributed by atoms with E-state index in [9.17, 15) is 18.0 Å². The number of halogens is 3. The molecular weight excluding hydrogens is 321 g/mol. The first-order valence-electron chi connectivity index (χ1n) is 7.66. The number of anilines is 1. The summed E-state index contributed by atoms with van der Waals surface area (Å²) in [6.07, 6.45) is -0.779. The molecule has 0 spiro atoms. The monoisotopic (exact) mass is 338 g/mol. The fraction of sp³-hybridized carbons (Fsp3) is 0.375. The van der Waals surface area contributed by atoms with E-state index in [4.69, 9.17) is 0 Å². The zero-order valence-electron chi connectivity index (χ0n) is 12.8. The Morgan fingerprint density at radius 1 is 1.29 bits per heavy atom. The second-order valence-electron chi connectivity index (χ2n) is 5.76. The van der Waals surface area contributed by atoms with Crippen LogP contribution < -0.4 is 10.6 Å². The Morgan fingerprint density at radius 2 is 2.04 bits per heavy atom. The van der Waals surface area contributed by atoms with E-state index in [1.807, 2.05) is 6.07 Å². The van der Waals surface area contributed by atoms with E-state index in [-0.39, 0.29) is 6.04 Å². The lowest BCUT2D eigenvalue weighted by molar-refractivity contribution is -0.142. The van der Waals surface area contributed by atoms with Gasteiger partial charge in [0.2, 0.25) is 0 Å². The van der Waals surface area contributed by atoms with Crippen molar-refractivity contribution < 1.29 is 18.0 Å². The van der Waals surface area contributed by atoms with Gasteiger partial charge in [-0.1, -0.05) is 18.2 Å². The molecule has 128 valence electrons. The van der Waals surface area contributed by atoms with E-state index in [0.29, 0.717) is 24.2 Å². The lowest BCUT2D eigenvalue weighted by atomic mass is 9.94. The lowest BCUT2D eigenvalue weighted by Gasteiger charge is -2.22. The third kappa shape index (κ3) is 4.06. The van der Waals surface area contributed by atoms with E-state index < -0.39 is 18.8 Å². The minimum atomic E-state index is -4.32. The van der Waals surface area contributed by atoms with Crippen LogP contribution in [-0.4, -0.2) is 22.0 Å². The number of nitrogens with zero attached hydrogens (tertiary/aromatic N) is 2. The molecule has 0 fully saturated rings. The van der Waals surface area contributed by atoms with E-state index in [1.165, 1.54) is 6.20 Å². The number of fused-ring (bicyclic) bond motifs is 1. The largest absolute Gasteiger partial charge is 0.408 e. The number of urea groups is 1. The number of aromatic nitrogens is 2. The van der Waals surface area contributed by atoms with Crippen LogP contribution in [0.1, 0.15) is 30.1 Å². The molecule has 1 aromatic carbocycles. The van der Waals surface area contributed by atoms with Crippen molar-refractivity contribution in [2.75, 3.05) is 5.32 Å². The van der Waals surface area contributed by atoms with Crippen molar-refractivity contribution in [2.24, 2.45) is 0 Å². The SMILES string of the molecule is O=C(Nc1ccccc1)NC1CCCc2cn(CC(F)(F)F)nc21. The highest BCUT2D eigenvalue weighted by Gasteiger charge is 2.31. The van der Waals surface area contributed by atoms with Gasteiger partial charge in [-0.15, -0.1) is 0 Å². The number of carbonyl (C=O) groups is 1. The van der Waals surface area contributed by atoms with Crippen LogP contribution in [0.2, 0.25) is 0 Å². The second-order valence-corrected chi connectivity index (χ2v) is 5.76. The molecule has 2 amide bonds. The maximum Gasteiger partial charge on any atom is 0.408 e. The molecule has 2 N–H and O–H groups in total. The van der Waals surface area contributed by atoms with Crippen molar-refractivity contribution in [3.8, 4) is 0 Å². The average Bonchev–Trinajstić information content (AvgIpc) is 2.89. The van der Waals surface area contributed by atoms with E-state index in [2.05, 4.69) is 15.7 Å². The smallest absolute Gasteiger partial charge is 0.329 e. The first-order valence-corrected chi connectivity index (χ1v) is 7.66. The molecule has 1 aliphatic carbocycles. The molecule has 1 heterocycles. The lowest BCUT2D eigenvalue weighted by Crippen LogP contribution is -2.34. The standard InChI is InChI=1S/C16H17F3N4O/c17-16(18,19)10-23-9-11-5-4-8-13(14(11)22-23)21-15(24)20-12-6-2-1-3-7-12/h1-3,6-7,9,13H,4-5,8,10H2,(H2,20,21,24). The number of alkyl halides is 3. The molecule has 0 saturated carbocycles. The number of hydrogen-bond donors (Lipinski definition) is 2. The molecule has 5 nitrogen and oxygen atoms in total. The van der Waals surface area contributed by atoms with Gasteiger partial charge in [0, 0.05) is 11.9 Å². The molecule has 1 aliphatic rings. The van der Waals surface area contributed by atoms with Crippen LogP contribution in [0.25, 0.3) is 0 Å². The van der Waals surface area contributed by atoms with Gasteiger partial charge in [0.1, 0.15) is 6.54 Å². The zero-order chi connectivity index (χ0) is 17.2. The van der Waals surface area contributed by atoms with E-state index in [0.717, 1.165) is 16.7 Å². The number of hydrogen-bond acceptors (Lipinski definition) is 2. The van der Waals surface area contributed by atoms with Gasteiger partial charge in [0.25, 0.3) is 0 Å². The Kier molecular flexibility index (Phi) is 4.46. The maximum absolute atomic E-state index is 12.5. The van der Waals surface area contributed by atoms with Gasteiger partial charge in [-0.2, -0.15) is 18.3 Å². The molecule has 0 saturated heterocycles. The zero-order valence-corrected chi connectivity index (χ0v) is 12.8. The first kappa shape index (κ1) is 16.4. The minimum absolute atomic E-state index is 0.382. The van der Waals surface area contributed by atoms with Crippen LogP contribution in [0.3, 0.4) is 0 Å². The molecule has 1 aromatic heterocycles. The Hall–Kier alpha value is -2.51. The molecule has 1 unspecified atom stereocenters. The van der Waals surface area contributed by atoms with Crippen LogP contribution in [0.15, 0.2) is 36.5 Å². The summed E-state index contributed by atoms with van der Waals surface area (Å²) in [4.78, 5) is 12.1. The van der Waals surface area contributed by atoms with E-state index >= 15 is 0 Å². The van der Waals surface area contributed by atoms with Crippen molar-refractivity contribution in [1.29, 1.82) is 0 Å². The molecule has 0 bridgehead atoms. The van der Waals surface area contributed by atoms with Gasteiger partial charge in [0.05, 0.1) is 11.7 Å². The Labute approximate surface area is 136 Å². The van der Waals surface area contributed by atoms with Gasteiger partial charge in [0.15, 0.2) is 0 Å². The summed E-state index contributed by atoms with van der Waals surface area (Å²) in [5.74, 6) is 0. The average molecular weight is 338 g/mol. The molecule has 3 rings (SSSR count). The van der Waals surface area contributed by atoms with Crippen LogP contribution >= 0.6 is 0 Å². The Balaban J connectivity index is 1.69. The number of carbonyl (C=O) groups excluding carboxylic acids is 1. The molecule has 2 aromatic rings. The highest BCUT2D eigenvalue weighted by atomic mass is 19.4. The third-order valence-corrected chi connectivity index (χ3v) is 3.82. The molecule has 0 radical (unpaired) electrons. The summed E-state index contributed by atoms with van der Waals surface area (Å²) in [5, 5.41) is 9.52. The summed E-state index contributed by atoms with van der Waals surface area (Å²) in [6, 6.07) is 8.16. The molecule has 8 heteroatoms. The van der Waals surface area contributed by atoms with Crippen LogP contribution in [-0.2, 0) is 13.0 Å². The molecular formula is C16H17F3N4O. The number of aryl methyl sites for hydroxylation is 1. The predicted molar refractivity (Wildman–Crippen MR) is 82.6 cm³/mol. The van der Waals surface area contributed by atoms with Crippen molar-refractivity contribution in [3.05, 3.63) is 47.8 Å². The number of amides is 2. The van der Waals surface area contributed by atoms with Gasteiger partial charge >= 0.3 is 12.2 Å². The van der Waals surface area contributed by atoms with Crippen molar-refractivity contribution >= 4 is 11.7 Å². The minimum Gasteiger partial charge on any atom is -0.329 e. The fourth-order valence-corrected chi connectivity index (χ4v) is 2.85. The maximum atomic E-state index is 12.5. The third-order valence-electron chi connectivity index (χ3n) is 3.82. The van der Waals surface area contributed by atoms with Crippen LogP contribution in [0.5, 0.6) is 0 Å². The van der Waals surface area contributed by atoms with Crippen molar-refractivity contribution in [3.63, 3.8) is 0 Å². The number of benzene rings is 1. The topological polar surface area (TPSA) is 59.0 Å². The normalized spacial score (nSPS) is 17.2. The Morgan fingerprint density at radius 3 is 2.75 bits per heavy atom. The van der Waals surface area contributed by atoms with Gasteiger partial charge < -0.3 is 10.6 Å². The van der Waals surface area contributed by atoms with Gasteiger partial charge in [-0.05, 0) is 37.0 Å². The molecule has 0 aliphatic heterocycles. The summed E-state index contributed by atoms with van der Waals surface area (Å²) >= 11 is 0. The van der Waals surface area contributed by atoms with Crippen LogP contribution in [0.4, 0.5) is 23.7 Å². The van der Waals surface area contributed by atoms with Gasteiger partial charge in [-0.25, -0.2) is 4.79 Å². The van der Waals surface area contributed by atoms with Crippen molar-refractivity contribution in [1.82, 2.24) is 15.1 Å². The summed E-state index contributed by atoms with van der Waals surface area (Å²) < 4.78 is 38.4. The molecule has 1 atom stereocenters. The number of para-hydroxylation sites is 1. The van der Waals surface area contributed by atoms with Gasteiger partial charge in [-0.3, -0.25) is 4.68 Å². The second kappa shape index (κ2) is 6.54. The number of nitrogens with one attached hydrogen (secondary N) is 2. The molecule has 24 heavy (non-hydrogen) atoms. The van der Waals surface area contributed by atoms with Crippen molar-refractivity contribution in [2.45, 2.75) is 38.0 Å². The summed E-state index contributed by atoms with van der Waals surface area (Å²) in [7, 11) is 0. The fourth-order valence-electron chi connectivity index (χ4n) is 2.85. The highest BCUT2D eigenvalue weighted by Crippen LogP contribution is 2.29. The predicted octanol–water partition coefficient (Wildman–Crippen LogP) is 3.64. The quantitative estimate of drug-likeness (QED) is 0.897. The highest BCUT2D eigenvalue weighted by molar-refractivity contribution is 5.89. The first-order chi connectivity index (χ1) is 11.4.